The number of hydrogen-bond donors (Lipinski definition) is 1. The van der Waals surface area contributed by atoms with Crippen LogP contribution in [0.2, 0.25) is 0 Å². The summed E-state index contributed by atoms with van der Waals surface area (Å²) in [5, 5.41) is 3.21. The van der Waals surface area contributed by atoms with Gasteiger partial charge in [0.1, 0.15) is 4.21 Å². The summed E-state index contributed by atoms with van der Waals surface area (Å²) in [5.74, 6) is 0. The maximum absolute atomic E-state index is 12.4. The second-order valence-corrected chi connectivity index (χ2v) is 8.56. The first-order valence-electron chi connectivity index (χ1n) is 5.48. The van der Waals surface area contributed by atoms with Gasteiger partial charge >= 0.3 is 0 Å². The van der Waals surface area contributed by atoms with Gasteiger partial charge in [0.15, 0.2) is 0 Å². The van der Waals surface area contributed by atoms with Crippen molar-refractivity contribution < 1.29 is 8.42 Å². The van der Waals surface area contributed by atoms with E-state index in [9.17, 15) is 8.42 Å². The van der Waals surface area contributed by atoms with Crippen LogP contribution in [0, 0.1) is 6.92 Å². The molecule has 0 unspecified atom stereocenters. The third-order valence-corrected chi connectivity index (χ3v) is 7.21. The van der Waals surface area contributed by atoms with Crippen LogP contribution in [0.4, 0.5) is 0 Å². The summed E-state index contributed by atoms with van der Waals surface area (Å²) in [6, 6.07) is 1.74. The van der Waals surface area contributed by atoms with Crippen LogP contribution in [0.5, 0.6) is 0 Å². The Balaban J connectivity index is 0.00000162. The predicted octanol–water partition coefficient (Wildman–Crippen LogP) is 2.22. The van der Waals surface area contributed by atoms with Gasteiger partial charge in [-0.15, -0.1) is 23.7 Å². The van der Waals surface area contributed by atoms with Crippen molar-refractivity contribution in [1.29, 1.82) is 0 Å². The maximum atomic E-state index is 12.4. The largest absolute Gasteiger partial charge is 0.315 e. The summed E-state index contributed by atoms with van der Waals surface area (Å²) in [7, 11) is -3.31. The van der Waals surface area contributed by atoms with E-state index in [1.165, 1.54) is 11.3 Å². The van der Waals surface area contributed by atoms with Crippen LogP contribution in [0.25, 0.3) is 0 Å². The molecule has 1 aromatic heterocycles. The Morgan fingerprint density at radius 1 is 1.39 bits per heavy atom. The van der Waals surface area contributed by atoms with Gasteiger partial charge in [0.05, 0.1) is 3.79 Å². The van der Waals surface area contributed by atoms with Crippen molar-refractivity contribution in [3.63, 3.8) is 0 Å². The number of thiophene rings is 1. The fourth-order valence-electron chi connectivity index (χ4n) is 1.75. The number of hydrogen-bond acceptors (Lipinski definition) is 4. The van der Waals surface area contributed by atoms with Gasteiger partial charge in [0, 0.05) is 19.6 Å². The molecule has 2 rings (SSSR count). The monoisotopic (exact) mass is 374 g/mol. The first-order valence-corrected chi connectivity index (χ1v) is 8.53. The minimum Gasteiger partial charge on any atom is -0.315 e. The summed E-state index contributed by atoms with van der Waals surface area (Å²) in [4.78, 5) is 0. The van der Waals surface area contributed by atoms with Crippen LogP contribution in [-0.4, -0.2) is 38.9 Å². The molecule has 0 atom stereocenters. The second-order valence-electron chi connectivity index (χ2n) is 4.03. The minimum atomic E-state index is -3.31. The van der Waals surface area contributed by atoms with Gasteiger partial charge < -0.3 is 5.32 Å². The molecule has 0 aromatic carbocycles. The normalized spacial score (nSPS) is 18.1. The Bertz CT molecular complexity index is 476. The van der Waals surface area contributed by atoms with Crippen LogP contribution in [0.3, 0.4) is 0 Å². The SMILES string of the molecule is Cc1cc(S(=O)(=O)N2CCCNCC2)sc1Br.Cl. The topological polar surface area (TPSA) is 49.4 Å². The summed E-state index contributed by atoms with van der Waals surface area (Å²) < 4.78 is 27.7. The molecular formula is C10H16BrClN2O2S2. The van der Waals surface area contributed by atoms with Crippen molar-refractivity contribution in [3.05, 3.63) is 15.4 Å². The van der Waals surface area contributed by atoms with E-state index in [0.29, 0.717) is 17.3 Å². The second kappa shape index (κ2) is 6.67. The number of rotatable bonds is 2. The fraction of sp³-hybridized carbons (Fsp3) is 0.600. The molecule has 0 saturated carbocycles. The number of nitrogens with one attached hydrogen (secondary N) is 1. The molecule has 1 fully saturated rings. The van der Waals surface area contributed by atoms with Gasteiger partial charge in [-0.05, 0) is 47.4 Å². The molecule has 2 heterocycles. The highest BCUT2D eigenvalue weighted by atomic mass is 79.9. The van der Waals surface area contributed by atoms with Crippen molar-refractivity contribution >= 4 is 49.7 Å². The highest BCUT2D eigenvalue weighted by Crippen LogP contribution is 2.32. The van der Waals surface area contributed by atoms with Crippen LogP contribution in [0.15, 0.2) is 14.1 Å². The third kappa shape index (κ3) is 3.46. The molecule has 1 N–H and O–H groups in total. The lowest BCUT2D eigenvalue weighted by atomic mass is 10.4. The number of sulfonamides is 1. The van der Waals surface area contributed by atoms with Crippen LogP contribution >= 0.6 is 39.7 Å². The van der Waals surface area contributed by atoms with Crippen molar-refractivity contribution in [1.82, 2.24) is 9.62 Å². The molecule has 0 amide bonds. The van der Waals surface area contributed by atoms with Gasteiger partial charge in [-0.1, -0.05) is 0 Å². The molecule has 4 nitrogen and oxygen atoms in total. The van der Waals surface area contributed by atoms with E-state index in [0.717, 1.165) is 28.9 Å². The first-order chi connectivity index (χ1) is 8.01. The Morgan fingerprint density at radius 3 is 2.72 bits per heavy atom. The van der Waals surface area contributed by atoms with Crippen LogP contribution < -0.4 is 5.32 Å². The quantitative estimate of drug-likeness (QED) is 0.862. The van der Waals surface area contributed by atoms with E-state index in [2.05, 4.69) is 21.2 Å². The van der Waals surface area contributed by atoms with E-state index in [4.69, 9.17) is 0 Å². The van der Waals surface area contributed by atoms with Crippen LogP contribution in [0.1, 0.15) is 12.0 Å². The Hall–Kier alpha value is 0.340. The van der Waals surface area contributed by atoms with E-state index in [1.807, 2.05) is 6.92 Å². The molecule has 1 aliphatic rings. The zero-order chi connectivity index (χ0) is 12.5. The average Bonchev–Trinajstić information content (AvgIpc) is 2.54. The molecule has 104 valence electrons. The van der Waals surface area contributed by atoms with Crippen molar-refractivity contribution in [2.75, 3.05) is 26.2 Å². The standard InChI is InChI=1S/C10H15BrN2O2S2.ClH/c1-8-7-9(16-10(8)11)17(14,15)13-5-2-3-12-4-6-13;/h7,12H,2-6H2,1H3;1H. The summed E-state index contributed by atoms with van der Waals surface area (Å²) in [5.41, 5.74) is 0.974. The Kier molecular flexibility index (Phi) is 6.08. The van der Waals surface area contributed by atoms with Crippen molar-refractivity contribution in [3.8, 4) is 0 Å². The molecule has 1 aromatic rings. The molecular weight excluding hydrogens is 360 g/mol. The number of halogens is 2. The van der Waals surface area contributed by atoms with Gasteiger partial charge in [0.2, 0.25) is 0 Å². The molecule has 1 saturated heterocycles. The van der Waals surface area contributed by atoms with Gasteiger partial charge in [-0.3, -0.25) is 0 Å². The number of aryl methyl sites for hydroxylation is 1. The van der Waals surface area contributed by atoms with Crippen molar-refractivity contribution in [2.24, 2.45) is 0 Å². The summed E-state index contributed by atoms with van der Waals surface area (Å²) >= 11 is 4.66. The molecule has 18 heavy (non-hydrogen) atoms. The lowest BCUT2D eigenvalue weighted by Crippen LogP contribution is -2.33. The van der Waals surface area contributed by atoms with E-state index >= 15 is 0 Å². The van der Waals surface area contributed by atoms with E-state index < -0.39 is 10.0 Å². The van der Waals surface area contributed by atoms with Gasteiger partial charge in [-0.2, -0.15) is 4.31 Å². The Labute approximate surface area is 126 Å². The zero-order valence-corrected chi connectivity index (χ0v) is 14.0. The molecule has 1 aliphatic heterocycles. The zero-order valence-electron chi connectivity index (χ0n) is 9.98. The predicted molar refractivity (Wildman–Crippen MR) is 80.2 cm³/mol. The van der Waals surface area contributed by atoms with E-state index in [-0.39, 0.29) is 12.4 Å². The van der Waals surface area contributed by atoms with Crippen molar-refractivity contribution in [2.45, 2.75) is 17.6 Å². The van der Waals surface area contributed by atoms with E-state index in [1.54, 1.807) is 10.4 Å². The molecule has 0 aliphatic carbocycles. The maximum Gasteiger partial charge on any atom is 0.252 e. The highest BCUT2D eigenvalue weighted by molar-refractivity contribution is 9.11. The van der Waals surface area contributed by atoms with Gasteiger partial charge in [-0.25, -0.2) is 8.42 Å². The summed E-state index contributed by atoms with van der Waals surface area (Å²) in [6.07, 6.45) is 0.866. The Morgan fingerprint density at radius 2 is 2.11 bits per heavy atom. The average molecular weight is 376 g/mol. The molecule has 0 spiro atoms. The lowest BCUT2D eigenvalue weighted by Gasteiger charge is -2.18. The molecule has 0 radical (unpaired) electrons. The number of nitrogens with zero attached hydrogens (tertiary/aromatic N) is 1. The highest BCUT2D eigenvalue weighted by Gasteiger charge is 2.27. The minimum absolute atomic E-state index is 0. The van der Waals surface area contributed by atoms with Gasteiger partial charge in [0.25, 0.3) is 10.0 Å². The first kappa shape index (κ1) is 16.4. The molecule has 0 bridgehead atoms. The smallest absolute Gasteiger partial charge is 0.252 e. The van der Waals surface area contributed by atoms with Crippen LogP contribution in [-0.2, 0) is 10.0 Å². The summed E-state index contributed by atoms with van der Waals surface area (Å²) in [6.45, 7) is 4.67. The third-order valence-electron chi connectivity index (χ3n) is 2.73. The lowest BCUT2D eigenvalue weighted by molar-refractivity contribution is 0.433. The molecule has 8 heteroatoms. The fourth-order valence-corrected chi connectivity index (χ4v) is 5.61.